The van der Waals surface area contributed by atoms with Gasteiger partial charge in [0.25, 0.3) is 5.56 Å². The van der Waals surface area contributed by atoms with Gasteiger partial charge in [0, 0.05) is 45.1 Å². The van der Waals surface area contributed by atoms with Crippen LogP contribution in [0.1, 0.15) is 17.7 Å². The molecule has 3 aromatic rings. The molecule has 28 heavy (non-hydrogen) atoms. The molecule has 1 aliphatic heterocycles. The second-order valence-corrected chi connectivity index (χ2v) is 7.39. The highest BCUT2D eigenvalue weighted by atomic mass is 16.1. The molecule has 4 heterocycles. The largest absolute Gasteiger partial charge is 0.370 e. The minimum absolute atomic E-state index is 0.00277. The maximum absolute atomic E-state index is 12.4. The van der Waals surface area contributed by atoms with E-state index in [0.717, 1.165) is 42.1 Å². The van der Waals surface area contributed by atoms with Gasteiger partial charge >= 0.3 is 0 Å². The van der Waals surface area contributed by atoms with Gasteiger partial charge in [0.05, 0.1) is 24.0 Å². The molecule has 0 radical (unpaired) electrons. The van der Waals surface area contributed by atoms with Crippen LogP contribution in [-0.4, -0.2) is 44.7 Å². The van der Waals surface area contributed by atoms with Crippen LogP contribution < -0.4 is 15.8 Å². The molecule has 1 fully saturated rings. The summed E-state index contributed by atoms with van der Waals surface area (Å²) >= 11 is 0. The summed E-state index contributed by atoms with van der Waals surface area (Å²) in [7, 11) is 1.64. The van der Waals surface area contributed by atoms with Crippen LogP contribution in [0.4, 0.5) is 5.69 Å². The number of rotatable bonds is 5. The van der Waals surface area contributed by atoms with E-state index >= 15 is 0 Å². The minimum atomic E-state index is -0.113. The zero-order valence-corrected chi connectivity index (χ0v) is 16.1. The molecule has 0 spiro atoms. The SMILES string of the molecule is Cc1cccn2c(CC(=O)NCC3CCN(c4cnn(C)c(=O)c4)C3)cnc12. The highest BCUT2D eigenvalue weighted by Gasteiger charge is 2.24. The van der Waals surface area contributed by atoms with Crippen molar-refractivity contribution in [2.45, 2.75) is 19.8 Å². The van der Waals surface area contributed by atoms with E-state index in [1.54, 1.807) is 25.5 Å². The van der Waals surface area contributed by atoms with Gasteiger partial charge in [-0.25, -0.2) is 9.67 Å². The summed E-state index contributed by atoms with van der Waals surface area (Å²) in [6.07, 6.45) is 6.70. The van der Waals surface area contributed by atoms with Crippen molar-refractivity contribution >= 4 is 17.2 Å². The molecule has 1 atom stereocenters. The summed E-state index contributed by atoms with van der Waals surface area (Å²) in [5.41, 5.74) is 3.59. The number of pyridine rings is 1. The maximum Gasteiger partial charge on any atom is 0.268 e. The Balaban J connectivity index is 1.32. The van der Waals surface area contributed by atoms with Crippen LogP contribution >= 0.6 is 0 Å². The quantitative estimate of drug-likeness (QED) is 0.712. The molecule has 3 aromatic heterocycles. The molecule has 8 heteroatoms. The summed E-state index contributed by atoms with van der Waals surface area (Å²) in [6, 6.07) is 5.58. The van der Waals surface area contributed by atoms with Crippen molar-refractivity contribution in [2.24, 2.45) is 13.0 Å². The van der Waals surface area contributed by atoms with Crippen LogP contribution in [0.15, 0.2) is 41.6 Å². The monoisotopic (exact) mass is 380 g/mol. The number of aromatic nitrogens is 4. The lowest BCUT2D eigenvalue weighted by Crippen LogP contribution is -2.32. The van der Waals surface area contributed by atoms with Gasteiger partial charge in [-0.15, -0.1) is 0 Å². The summed E-state index contributed by atoms with van der Waals surface area (Å²) in [5, 5.41) is 7.13. The standard InChI is InChI=1S/C20H24N6O2/c1-14-4-3-6-26-17(11-22-20(14)26)8-18(27)21-10-15-5-7-25(13-15)16-9-19(28)24(2)23-12-16/h3-4,6,9,11-12,15H,5,7-8,10,13H2,1-2H3,(H,21,27). The highest BCUT2D eigenvalue weighted by molar-refractivity contribution is 5.78. The Bertz CT molecular complexity index is 1070. The summed E-state index contributed by atoms with van der Waals surface area (Å²) in [6.45, 7) is 4.31. The Morgan fingerprint density at radius 2 is 2.21 bits per heavy atom. The molecule has 1 N–H and O–H groups in total. The van der Waals surface area contributed by atoms with Crippen molar-refractivity contribution in [2.75, 3.05) is 24.5 Å². The van der Waals surface area contributed by atoms with Crippen LogP contribution in [0.25, 0.3) is 5.65 Å². The number of nitrogens with zero attached hydrogens (tertiary/aromatic N) is 5. The van der Waals surface area contributed by atoms with Crippen LogP contribution in [0, 0.1) is 12.8 Å². The van der Waals surface area contributed by atoms with E-state index in [2.05, 4.69) is 20.3 Å². The fraction of sp³-hybridized carbons (Fsp3) is 0.400. The van der Waals surface area contributed by atoms with Gasteiger partial charge in [0.15, 0.2) is 0 Å². The summed E-state index contributed by atoms with van der Waals surface area (Å²) < 4.78 is 3.29. The molecule has 0 aromatic carbocycles. The Hall–Kier alpha value is -3.16. The fourth-order valence-corrected chi connectivity index (χ4v) is 3.68. The van der Waals surface area contributed by atoms with Gasteiger partial charge in [0.2, 0.25) is 5.91 Å². The van der Waals surface area contributed by atoms with E-state index in [4.69, 9.17) is 0 Å². The number of amides is 1. The van der Waals surface area contributed by atoms with Gasteiger partial charge in [-0.1, -0.05) is 6.07 Å². The molecule has 1 unspecified atom stereocenters. The first-order valence-electron chi connectivity index (χ1n) is 9.48. The van der Waals surface area contributed by atoms with Crippen LogP contribution in [-0.2, 0) is 18.3 Å². The van der Waals surface area contributed by atoms with Crippen molar-refractivity contribution < 1.29 is 4.79 Å². The average Bonchev–Trinajstić information content (AvgIpc) is 3.31. The number of fused-ring (bicyclic) bond motifs is 1. The topological polar surface area (TPSA) is 84.5 Å². The first kappa shape index (κ1) is 18.2. The van der Waals surface area contributed by atoms with E-state index in [9.17, 15) is 9.59 Å². The van der Waals surface area contributed by atoms with E-state index in [1.807, 2.05) is 29.7 Å². The van der Waals surface area contributed by atoms with Crippen molar-refractivity contribution in [3.8, 4) is 0 Å². The number of aryl methyl sites for hydroxylation is 2. The Morgan fingerprint density at radius 1 is 1.36 bits per heavy atom. The molecule has 0 bridgehead atoms. The Morgan fingerprint density at radius 3 is 3.04 bits per heavy atom. The summed E-state index contributed by atoms with van der Waals surface area (Å²) in [4.78, 5) is 30.7. The lowest BCUT2D eigenvalue weighted by molar-refractivity contribution is -0.120. The van der Waals surface area contributed by atoms with E-state index < -0.39 is 0 Å². The number of hydrogen-bond donors (Lipinski definition) is 1. The molecular formula is C20H24N6O2. The first-order chi connectivity index (χ1) is 13.5. The number of carbonyl (C=O) groups is 1. The number of nitrogens with one attached hydrogen (secondary N) is 1. The smallest absolute Gasteiger partial charge is 0.268 e. The third-order valence-corrected chi connectivity index (χ3v) is 5.34. The zero-order valence-electron chi connectivity index (χ0n) is 16.1. The zero-order chi connectivity index (χ0) is 19.7. The highest BCUT2D eigenvalue weighted by Crippen LogP contribution is 2.21. The average molecular weight is 380 g/mol. The number of carbonyl (C=O) groups excluding carboxylic acids is 1. The van der Waals surface area contributed by atoms with E-state index in [0.29, 0.717) is 18.9 Å². The fourth-order valence-electron chi connectivity index (χ4n) is 3.68. The van der Waals surface area contributed by atoms with Crippen molar-refractivity contribution in [3.63, 3.8) is 0 Å². The molecule has 4 rings (SSSR count). The molecular weight excluding hydrogens is 356 g/mol. The van der Waals surface area contributed by atoms with Crippen LogP contribution in [0.3, 0.4) is 0 Å². The lowest BCUT2D eigenvalue weighted by atomic mass is 10.1. The molecule has 0 aliphatic carbocycles. The molecule has 146 valence electrons. The van der Waals surface area contributed by atoms with Crippen molar-refractivity contribution in [1.82, 2.24) is 24.5 Å². The summed E-state index contributed by atoms with van der Waals surface area (Å²) in [5.74, 6) is 0.356. The number of hydrogen-bond acceptors (Lipinski definition) is 5. The number of anilines is 1. The molecule has 8 nitrogen and oxygen atoms in total. The van der Waals surface area contributed by atoms with Crippen LogP contribution in [0.5, 0.6) is 0 Å². The normalized spacial score (nSPS) is 16.6. The minimum Gasteiger partial charge on any atom is -0.370 e. The number of imidazole rings is 1. The third-order valence-electron chi connectivity index (χ3n) is 5.34. The Labute approximate surface area is 162 Å². The van der Waals surface area contributed by atoms with Gasteiger partial charge in [-0.3, -0.25) is 9.59 Å². The Kier molecular flexibility index (Phi) is 4.85. The van der Waals surface area contributed by atoms with Gasteiger partial charge in [0.1, 0.15) is 5.65 Å². The molecule has 1 aliphatic rings. The lowest BCUT2D eigenvalue weighted by Gasteiger charge is -2.18. The second kappa shape index (κ2) is 7.46. The van der Waals surface area contributed by atoms with Crippen molar-refractivity contribution in [1.29, 1.82) is 0 Å². The maximum atomic E-state index is 12.4. The first-order valence-corrected chi connectivity index (χ1v) is 9.48. The molecule has 1 amide bonds. The molecule has 0 saturated carbocycles. The predicted octanol–water partition coefficient (Wildman–Crippen LogP) is 0.922. The molecule has 1 saturated heterocycles. The van der Waals surface area contributed by atoms with Crippen molar-refractivity contribution in [3.05, 3.63) is 58.4 Å². The predicted molar refractivity (Wildman–Crippen MR) is 106 cm³/mol. The van der Waals surface area contributed by atoms with Crippen LogP contribution in [0.2, 0.25) is 0 Å². The van der Waals surface area contributed by atoms with Gasteiger partial charge in [-0.05, 0) is 30.9 Å². The van der Waals surface area contributed by atoms with E-state index in [-0.39, 0.29) is 11.5 Å². The second-order valence-electron chi connectivity index (χ2n) is 7.39. The third kappa shape index (κ3) is 3.62. The van der Waals surface area contributed by atoms with Gasteiger partial charge < -0.3 is 14.6 Å². The van der Waals surface area contributed by atoms with Gasteiger partial charge in [-0.2, -0.15) is 5.10 Å². The van der Waals surface area contributed by atoms with E-state index in [1.165, 1.54) is 4.68 Å².